The summed E-state index contributed by atoms with van der Waals surface area (Å²) in [4.78, 5) is 16.8. The Bertz CT molecular complexity index is 692. The molecular formula is C15H13F3N2OS2. The Labute approximate surface area is 140 Å². The van der Waals surface area contributed by atoms with Crippen molar-refractivity contribution in [2.24, 2.45) is 0 Å². The van der Waals surface area contributed by atoms with E-state index in [2.05, 4.69) is 10.3 Å². The number of pyridine rings is 1. The third kappa shape index (κ3) is 5.18. The third-order valence-corrected chi connectivity index (χ3v) is 4.59. The molecule has 1 amide bonds. The molecule has 0 saturated heterocycles. The topological polar surface area (TPSA) is 42.0 Å². The van der Waals surface area contributed by atoms with E-state index in [1.54, 1.807) is 48.9 Å². The summed E-state index contributed by atoms with van der Waals surface area (Å²) in [5.74, 6) is -1.41. The van der Waals surface area contributed by atoms with Crippen molar-refractivity contribution in [1.29, 1.82) is 0 Å². The van der Waals surface area contributed by atoms with Gasteiger partial charge in [0, 0.05) is 11.1 Å². The molecule has 8 heteroatoms. The monoisotopic (exact) mass is 358 g/mol. The van der Waals surface area contributed by atoms with Crippen LogP contribution in [0.5, 0.6) is 0 Å². The fraction of sp³-hybridized carbons (Fsp3) is 0.200. The van der Waals surface area contributed by atoms with Crippen LogP contribution >= 0.6 is 23.5 Å². The van der Waals surface area contributed by atoms with Crippen molar-refractivity contribution in [2.75, 3.05) is 17.3 Å². The summed E-state index contributed by atoms with van der Waals surface area (Å²) in [6.45, 7) is 0. The van der Waals surface area contributed by atoms with Gasteiger partial charge in [0.2, 0.25) is 0 Å². The van der Waals surface area contributed by atoms with Crippen molar-refractivity contribution < 1.29 is 18.0 Å². The van der Waals surface area contributed by atoms with Gasteiger partial charge in [0.25, 0.3) is 5.91 Å². The normalized spacial score (nSPS) is 11.3. The van der Waals surface area contributed by atoms with Gasteiger partial charge in [0.1, 0.15) is 5.03 Å². The number of halogens is 3. The number of carbonyl (C=O) groups is 1. The van der Waals surface area contributed by atoms with E-state index in [0.717, 1.165) is 0 Å². The van der Waals surface area contributed by atoms with E-state index in [1.165, 1.54) is 11.8 Å². The molecule has 0 unspecified atom stereocenters. The van der Waals surface area contributed by atoms with E-state index in [0.29, 0.717) is 32.9 Å². The highest BCUT2D eigenvalue weighted by Gasteiger charge is 2.27. The van der Waals surface area contributed by atoms with Gasteiger partial charge in [0.05, 0.1) is 17.0 Å². The standard InChI is InChI=1S/C15H13F3N2OS2/c1-22-14-10(5-4-8-19-14)13(21)20-11-6-2-3-7-12(11)23-9-15(16,17)18/h2-8H,9H2,1H3,(H,20,21). The van der Waals surface area contributed by atoms with E-state index >= 15 is 0 Å². The van der Waals surface area contributed by atoms with E-state index in [1.807, 2.05) is 0 Å². The molecule has 0 aliphatic rings. The minimum Gasteiger partial charge on any atom is -0.321 e. The predicted molar refractivity (Wildman–Crippen MR) is 87.2 cm³/mol. The zero-order valence-corrected chi connectivity index (χ0v) is 13.7. The Morgan fingerprint density at radius 1 is 1.22 bits per heavy atom. The van der Waals surface area contributed by atoms with Crippen LogP contribution in [0.1, 0.15) is 10.4 Å². The van der Waals surface area contributed by atoms with Gasteiger partial charge in [-0.1, -0.05) is 12.1 Å². The van der Waals surface area contributed by atoms with Gasteiger partial charge in [-0.3, -0.25) is 4.79 Å². The van der Waals surface area contributed by atoms with Gasteiger partial charge in [0.15, 0.2) is 0 Å². The quantitative estimate of drug-likeness (QED) is 0.786. The fourth-order valence-corrected chi connectivity index (χ4v) is 3.09. The summed E-state index contributed by atoms with van der Waals surface area (Å²) in [5.41, 5.74) is 0.735. The molecule has 0 radical (unpaired) electrons. The predicted octanol–water partition coefficient (Wildman–Crippen LogP) is 4.71. The molecule has 1 aromatic heterocycles. The summed E-state index contributed by atoms with van der Waals surface area (Å²) in [7, 11) is 0. The fourth-order valence-electron chi connectivity index (χ4n) is 1.77. The highest BCUT2D eigenvalue weighted by atomic mass is 32.2. The summed E-state index contributed by atoms with van der Waals surface area (Å²) in [6.07, 6.45) is -0.890. The SMILES string of the molecule is CSc1ncccc1C(=O)Nc1ccccc1SCC(F)(F)F. The van der Waals surface area contributed by atoms with Gasteiger partial charge in [-0.2, -0.15) is 13.2 Å². The minimum absolute atomic E-state index is 0.350. The van der Waals surface area contributed by atoms with Gasteiger partial charge >= 0.3 is 6.18 Å². The Balaban J connectivity index is 2.18. The molecule has 0 fully saturated rings. The number of benzene rings is 1. The van der Waals surface area contributed by atoms with Gasteiger partial charge in [-0.05, 0) is 30.5 Å². The maximum atomic E-state index is 12.4. The van der Waals surface area contributed by atoms with Crippen LogP contribution in [0, 0.1) is 0 Å². The number of nitrogens with zero attached hydrogens (tertiary/aromatic N) is 1. The molecule has 2 aromatic rings. The van der Waals surface area contributed by atoms with E-state index in [4.69, 9.17) is 0 Å². The second-order valence-corrected chi connectivity index (χ2v) is 6.23. The smallest absolute Gasteiger partial charge is 0.321 e. The molecule has 0 atom stereocenters. The van der Waals surface area contributed by atoms with Crippen LogP contribution in [0.15, 0.2) is 52.5 Å². The van der Waals surface area contributed by atoms with Crippen LogP contribution < -0.4 is 5.32 Å². The summed E-state index contributed by atoms with van der Waals surface area (Å²) < 4.78 is 37.1. The second-order valence-electron chi connectivity index (χ2n) is 4.41. The lowest BCUT2D eigenvalue weighted by Gasteiger charge is -2.12. The van der Waals surface area contributed by atoms with Gasteiger partial charge < -0.3 is 5.32 Å². The molecule has 1 heterocycles. The van der Waals surface area contributed by atoms with E-state index in [9.17, 15) is 18.0 Å². The molecule has 0 spiro atoms. The number of rotatable bonds is 5. The lowest BCUT2D eigenvalue weighted by Crippen LogP contribution is -2.15. The number of anilines is 1. The zero-order valence-electron chi connectivity index (χ0n) is 12.1. The van der Waals surface area contributed by atoms with Crippen molar-refractivity contribution in [2.45, 2.75) is 16.1 Å². The molecule has 0 bridgehead atoms. The summed E-state index contributed by atoms with van der Waals surface area (Å²) in [6, 6.07) is 9.67. The number of para-hydroxylation sites is 1. The number of thioether (sulfide) groups is 2. The average Bonchev–Trinajstić information content (AvgIpc) is 2.53. The number of aromatic nitrogens is 1. The van der Waals surface area contributed by atoms with Crippen LogP contribution in [-0.2, 0) is 0 Å². The largest absolute Gasteiger partial charge is 0.398 e. The molecule has 1 N–H and O–H groups in total. The lowest BCUT2D eigenvalue weighted by molar-refractivity contribution is -0.105. The highest BCUT2D eigenvalue weighted by Crippen LogP contribution is 2.32. The molecule has 2 rings (SSSR count). The van der Waals surface area contributed by atoms with E-state index < -0.39 is 17.8 Å². The van der Waals surface area contributed by atoms with Crippen molar-refractivity contribution in [1.82, 2.24) is 4.98 Å². The molecular weight excluding hydrogens is 345 g/mol. The third-order valence-electron chi connectivity index (χ3n) is 2.74. The number of nitrogens with one attached hydrogen (secondary N) is 1. The Morgan fingerprint density at radius 3 is 2.65 bits per heavy atom. The number of alkyl halides is 3. The number of amides is 1. The molecule has 1 aromatic carbocycles. The number of hydrogen-bond acceptors (Lipinski definition) is 4. The first kappa shape index (κ1) is 17.7. The first-order valence-electron chi connectivity index (χ1n) is 6.49. The molecule has 0 saturated carbocycles. The zero-order chi connectivity index (χ0) is 16.9. The Hall–Kier alpha value is -1.67. The van der Waals surface area contributed by atoms with Crippen LogP contribution in [0.4, 0.5) is 18.9 Å². The minimum atomic E-state index is -4.27. The molecule has 0 aliphatic carbocycles. The highest BCUT2D eigenvalue weighted by molar-refractivity contribution is 7.99. The van der Waals surface area contributed by atoms with Crippen LogP contribution in [0.3, 0.4) is 0 Å². The summed E-state index contributed by atoms with van der Waals surface area (Å²) >= 11 is 1.97. The van der Waals surface area contributed by atoms with Crippen molar-refractivity contribution in [3.8, 4) is 0 Å². The Morgan fingerprint density at radius 2 is 1.96 bits per heavy atom. The lowest BCUT2D eigenvalue weighted by atomic mass is 10.2. The first-order valence-corrected chi connectivity index (χ1v) is 8.70. The van der Waals surface area contributed by atoms with Gasteiger partial charge in [-0.15, -0.1) is 23.5 Å². The molecule has 0 aliphatic heterocycles. The van der Waals surface area contributed by atoms with Gasteiger partial charge in [-0.25, -0.2) is 4.98 Å². The molecule has 3 nitrogen and oxygen atoms in total. The van der Waals surface area contributed by atoms with Crippen LogP contribution in [0.25, 0.3) is 0 Å². The molecule has 23 heavy (non-hydrogen) atoms. The summed E-state index contributed by atoms with van der Waals surface area (Å²) in [5, 5.41) is 3.22. The number of carbonyl (C=O) groups excluding carboxylic acids is 1. The van der Waals surface area contributed by atoms with Crippen molar-refractivity contribution in [3.05, 3.63) is 48.2 Å². The number of hydrogen-bond donors (Lipinski definition) is 1. The van der Waals surface area contributed by atoms with Crippen molar-refractivity contribution in [3.63, 3.8) is 0 Å². The second kappa shape index (κ2) is 7.74. The average molecular weight is 358 g/mol. The first-order chi connectivity index (χ1) is 10.9. The maximum absolute atomic E-state index is 12.4. The van der Waals surface area contributed by atoms with Crippen molar-refractivity contribution >= 4 is 35.1 Å². The Kier molecular flexibility index (Phi) is 5.95. The van der Waals surface area contributed by atoms with Crippen LogP contribution in [-0.4, -0.2) is 29.1 Å². The van der Waals surface area contributed by atoms with Crippen LogP contribution in [0.2, 0.25) is 0 Å². The van der Waals surface area contributed by atoms with E-state index in [-0.39, 0.29) is 0 Å². The maximum Gasteiger partial charge on any atom is 0.398 e. The molecule has 122 valence electrons.